The second kappa shape index (κ2) is 5.17. The molecular formula is C13H22O3. The molecule has 0 amide bonds. The highest BCUT2D eigenvalue weighted by Crippen LogP contribution is 2.46. The van der Waals surface area contributed by atoms with Crippen molar-refractivity contribution in [1.82, 2.24) is 0 Å². The maximum Gasteiger partial charge on any atom is 0.306 e. The molecule has 16 heavy (non-hydrogen) atoms. The number of carbonyl (C=O) groups is 1. The van der Waals surface area contributed by atoms with Gasteiger partial charge in [-0.2, -0.15) is 0 Å². The summed E-state index contributed by atoms with van der Waals surface area (Å²) >= 11 is 0. The molecule has 2 aliphatic rings. The highest BCUT2D eigenvalue weighted by Gasteiger charge is 2.47. The molecule has 3 heteroatoms. The van der Waals surface area contributed by atoms with Gasteiger partial charge in [-0.15, -0.1) is 0 Å². The van der Waals surface area contributed by atoms with Crippen molar-refractivity contribution >= 4 is 5.97 Å². The van der Waals surface area contributed by atoms with Crippen molar-refractivity contribution < 1.29 is 14.3 Å². The van der Waals surface area contributed by atoms with Crippen molar-refractivity contribution in [3.05, 3.63) is 0 Å². The summed E-state index contributed by atoms with van der Waals surface area (Å²) in [6.07, 6.45) is 8.24. The van der Waals surface area contributed by atoms with Crippen molar-refractivity contribution in [2.45, 2.75) is 58.0 Å². The lowest BCUT2D eigenvalue weighted by atomic mass is 9.75. The van der Waals surface area contributed by atoms with Gasteiger partial charge in [-0.1, -0.05) is 25.7 Å². The number of hydrogen-bond donors (Lipinski definition) is 0. The molecule has 0 aromatic rings. The van der Waals surface area contributed by atoms with Gasteiger partial charge in [0.05, 0.1) is 25.7 Å². The molecule has 0 N–H and O–H groups in total. The minimum Gasteiger partial charge on any atom is -0.466 e. The monoisotopic (exact) mass is 226 g/mol. The molecule has 0 aromatic carbocycles. The van der Waals surface area contributed by atoms with Crippen LogP contribution < -0.4 is 0 Å². The van der Waals surface area contributed by atoms with Gasteiger partial charge in [-0.25, -0.2) is 0 Å². The third kappa shape index (κ3) is 2.76. The predicted octanol–water partition coefficient (Wildman–Crippen LogP) is 2.68. The molecule has 0 radical (unpaired) electrons. The van der Waals surface area contributed by atoms with Gasteiger partial charge < -0.3 is 9.47 Å². The Labute approximate surface area is 97.5 Å². The van der Waals surface area contributed by atoms with Crippen molar-refractivity contribution in [3.63, 3.8) is 0 Å². The molecule has 2 fully saturated rings. The smallest absolute Gasteiger partial charge is 0.306 e. The van der Waals surface area contributed by atoms with E-state index in [-0.39, 0.29) is 11.4 Å². The maximum absolute atomic E-state index is 11.7. The van der Waals surface area contributed by atoms with Crippen LogP contribution in [0.2, 0.25) is 0 Å². The zero-order valence-corrected chi connectivity index (χ0v) is 10.2. The van der Waals surface area contributed by atoms with E-state index < -0.39 is 0 Å². The first kappa shape index (κ1) is 11.9. The SMILES string of the molecule is CCOC(=O)CC1(C2CO2)CCCCCC1. The number of epoxide rings is 1. The Hall–Kier alpha value is -0.570. The molecule has 1 unspecified atom stereocenters. The molecule has 1 aliphatic carbocycles. The molecule has 92 valence electrons. The molecule has 3 nitrogen and oxygen atoms in total. The Morgan fingerprint density at radius 3 is 2.44 bits per heavy atom. The standard InChI is InChI=1S/C13H22O3/c1-2-15-12(14)9-13(11-10-16-11)7-5-3-4-6-8-13/h11H,2-10H2,1H3. The lowest BCUT2D eigenvalue weighted by molar-refractivity contribution is -0.146. The third-order valence-electron chi connectivity index (χ3n) is 3.92. The minimum absolute atomic E-state index is 0.0418. The predicted molar refractivity (Wildman–Crippen MR) is 61.1 cm³/mol. The van der Waals surface area contributed by atoms with Crippen LogP contribution in [0.5, 0.6) is 0 Å². The van der Waals surface area contributed by atoms with E-state index in [2.05, 4.69) is 0 Å². The lowest BCUT2D eigenvalue weighted by Crippen LogP contribution is -2.31. The Kier molecular flexibility index (Phi) is 3.85. The van der Waals surface area contributed by atoms with E-state index >= 15 is 0 Å². The minimum atomic E-state index is -0.0418. The number of hydrogen-bond acceptors (Lipinski definition) is 3. The summed E-state index contributed by atoms with van der Waals surface area (Å²) in [5.41, 5.74) is 0.1000. The second-order valence-electron chi connectivity index (χ2n) is 5.08. The lowest BCUT2D eigenvalue weighted by Gasteiger charge is -2.30. The van der Waals surface area contributed by atoms with Gasteiger partial charge in [0.2, 0.25) is 0 Å². The van der Waals surface area contributed by atoms with E-state index in [4.69, 9.17) is 9.47 Å². The molecule has 1 heterocycles. The Bertz CT molecular complexity index is 238. The average Bonchev–Trinajstić information content (AvgIpc) is 3.05. The summed E-state index contributed by atoms with van der Waals surface area (Å²) in [6, 6.07) is 0. The van der Waals surface area contributed by atoms with E-state index in [1.165, 1.54) is 25.7 Å². The van der Waals surface area contributed by atoms with Crippen LogP contribution >= 0.6 is 0 Å². The van der Waals surface area contributed by atoms with Gasteiger partial charge in [-0.3, -0.25) is 4.79 Å². The second-order valence-corrected chi connectivity index (χ2v) is 5.08. The molecule has 0 spiro atoms. The number of esters is 1. The molecule has 1 atom stereocenters. The fourth-order valence-electron chi connectivity index (χ4n) is 2.95. The Morgan fingerprint density at radius 1 is 1.31 bits per heavy atom. The number of rotatable bonds is 4. The van der Waals surface area contributed by atoms with E-state index in [0.717, 1.165) is 19.4 Å². The molecular weight excluding hydrogens is 204 g/mol. The van der Waals surface area contributed by atoms with Crippen molar-refractivity contribution in [1.29, 1.82) is 0 Å². The quantitative estimate of drug-likeness (QED) is 0.420. The topological polar surface area (TPSA) is 38.8 Å². The third-order valence-corrected chi connectivity index (χ3v) is 3.92. The number of ether oxygens (including phenoxy) is 2. The number of carbonyl (C=O) groups excluding carboxylic acids is 1. The van der Waals surface area contributed by atoms with Crippen LogP contribution in [-0.4, -0.2) is 25.3 Å². The normalized spacial score (nSPS) is 28.2. The van der Waals surface area contributed by atoms with Gasteiger partial charge in [0.15, 0.2) is 0 Å². The van der Waals surface area contributed by atoms with E-state index in [9.17, 15) is 4.79 Å². The zero-order valence-electron chi connectivity index (χ0n) is 10.2. The highest BCUT2D eigenvalue weighted by molar-refractivity contribution is 5.70. The summed E-state index contributed by atoms with van der Waals surface area (Å²) in [4.78, 5) is 11.7. The fraction of sp³-hybridized carbons (Fsp3) is 0.923. The first-order chi connectivity index (χ1) is 7.77. The van der Waals surface area contributed by atoms with Crippen LogP contribution in [-0.2, 0) is 14.3 Å². The van der Waals surface area contributed by atoms with Crippen LogP contribution in [0.15, 0.2) is 0 Å². The summed E-state index contributed by atoms with van der Waals surface area (Å²) in [5.74, 6) is -0.0418. The molecule has 0 aromatic heterocycles. The summed E-state index contributed by atoms with van der Waals surface area (Å²) in [6.45, 7) is 3.20. The largest absolute Gasteiger partial charge is 0.466 e. The average molecular weight is 226 g/mol. The molecule has 1 saturated heterocycles. The van der Waals surface area contributed by atoms with E-state index in [1.807, 2.05) is 6.92 Å². The van der Waals surface area contributed by atoms with Crippen LogP contribution in [0, 0.1) is 5.41 Å². The molecule has 1 saturated carbocycles. The summed E-state index contributed by atoms with van der Waals surface area (Å²) < 4.78 is 10.6. The van der Waals surface area contributed by atoms with E-state index in [0.29, 0.717) is 19.1 Å². The molecule has 0 bridgehead atoms. The van der Waals surface area contributed by atoms with Gasteiger partial charge in [0, 0.05) is 5.41 Å². The fourth-order valence-corrected chi connectivity index (χ4v) is 2.95. The molecule has 2 rings (SSSR count). The van der Waals surface area contributed by atoms with Crippen molar-refractivity contribution in [2.75, 3.05) is 13.2 Å². The zero-order chi connectivity index (χ0) is 11.4. The first-order valence-corrected chi connectivity index (χ1v) is 6.54. The first-order valence-electron chi connectivity index (χ1n) is 6.54. The van der Waals surface area contributed by atoms with Crippen LogP contribution in [0.25, 0.3) is 0 Å². The maximum atomic E-state index is 11.7. The van der Waals surface area contributed by atoms with Gasteiger partial charge in [0.1, 0.15) is 0 Å². The summed E-state index contributed by atoms with van der Waals surface area (Å²) in [7, 11) is 0. The van der Waals surface area contributed by atoms with Crippen LogP contribution in [0.3, 0.4) is 0 Å². The van der Waals surface area contributed by atoms with Crippen molar-refractivity contribution in [3.8, 4) is 0 Å². The highest BCUT2D eigenvalue weighted by atomic mass is 16.6. The molecule has 1 aliphatic heterocycles. The van der Waals surface area contributed by atoms with Crippen LogP contribution in [0.1, 0.15) is 51.9 Å². The van der Waals surface area contributed by atoms with Crippen molar-refractivity contribution in [2.24, 2.45) is 5.41 Å². The van der Waals surface area contributed by atoms with Crippen LogP contribution in [0.4, 0.5) is 0 Å². The summed E-state index contributed by atoms with van der Waals surface area (Å²) in [5, 5.41) is 0. The van der Waals surface area contributed by atoms with E-state index in [1.54, 1.807) is 0 Å². The van der Waals surface area contributed by atoms with Gasteiger partial charge in [-0.05, 0) is 19.8 Å². The Balaban J connectivity index is 1.99. The Morgan fingerprint density at radius 2 is 1.94 bits per heavy atom. The van der Waals surface area contributed by atoms with Gasteiger partial charge in [0.25, 0.3) is 0 Å². The van der Waals surface area contributed by atoms with Gasteiger partial charge >= 0.3 is 5.97 Å².